The SMILES string of the molecule is O=C(N[C@H]1C[C@H]1[C@H]1C[C@H]1C(=O)O)C1[C@@H]2[C@H]3CC[C@H](C3)[C@H]12. The molecule has 1 amide bonds. The summed E-state index contributed by atoms with van der Waals surface area (Å²) in [4.78, 5) is 23.2. The molecule has 4 nitrogen and oxygen atoms in total. The maximum absolute atomic E-state index is 12.4. The maximum Gasteiger partial charge on any atom is 0.306 e. The standard InChI is InChI=1S/C16H21NO3/c18-15(14-12-6-1-2-7(3-6)13(12)14)17-11-5-9(11)8-4-10(8)16(19)20/h6-14H,1-5H2,(H,17,18)(H,19,20)/t6-,7+,8-,9+,10-,11+,12+,13-,14?/m1/s1. The molecule has 0 aromatic heterocycles. The highest BCUT2D eigenvalue weighted by Crippen LogP contribution is 2.69. The second-order valence-corrected chi connectivity index (χ2v) is 7.87. The molecular formula is C16H21NO3. The summed E-state index contributed by atoms with van der Waals surface area (Å²) < 4.78 is 0. The molecule has 0 aromatic carbocycles. The van der Waals surface area contributed by atoms with Crippen molar-refractivity contribution >= 4 is 11.9 Å². The lowest BCUT2D eigenvalue weighted by atomic mass is 10.0. The number of carbonyl (C=O) groups is 2. The van der Waals surface area contributed by atoms with E-state index in [2.05, 4.69) is 5.32 Å². The van der Waals surface area contributed by atoms with Crippen molar-refractivity contribution in [3.63, 3.8) is 0 Å². The Kier molecular flexibility index (Phi) is 2.07. The van der Waals surface area contributed by atoms with E-state index < -0.39 is 5.97 Å². The molecule has 5 rings (SSSR count). The van der Waals surface area contributed by atoms with Gasteiger partial charge in [0.1, 0.15) is 0 Å². The first-order valence-electron chi connectivity index (χ1n) is 8.18. The predicted molar refractivity (Wildman–Crippen MR) is 70.6 cm³/mol. The third-order valence-corrected chi connectivity index (χ3v) is 6.91. The number of carbonyl (C=O) groups excluding carboxylic acids is 1. The number of amides is 1. The lowest BCUT2D eigenvalue weighted by Gasteiger charge is -2.09. The molecule has 4 heteroatoms. The van der Waals surface area contributed by atoms with Crippen LogP contribution in [0.2, 0.25) is 0 Å². The average Bonchev–Trinajstić information content (AvgIpc) is 3.31. The Balaban J connectivity index is 1.15. The second-order valence-electron chi connectivity index (χ2n) is 7.87. The van der Waals surface area contributed by atoms with Gasteiger partial charge in [0.15, 0.2) is 0 Å². The number of carboxylic acids is 1. The quantitative estimate of drug-likeness (QED) is 0.817. The van der Waals surface area contributed by atoms with Gasteiger partial charge in [0.05, 0.1) is 5.92 Å². The van der Waals surface area contributed by atoms with E-state index in [-0.39, 0.29) is 17.9 Å². The Morgan fingerprint density at radius 3 is 2.25 bits per heavy atom. The minimum Gasteiger partial charge on any atom is -0.481 e. The van der Waals surface area contributed by atoms with Crippen LogP contribution in [-0.2, 0) is 9.59 Å². The number of nitrogens with one attached hydrogen (secondary N) is 1. The summed E-state index contributed by atoms with van der Waals surface area (Å²) in [6, 6.07) is 0.288. The fraction of sp³-hybridized carbons (Fsp3) is 0.875. The normalized spacial score (nSPS) is 57.1. The zero-order chi connectivity index (χ0) is 13.6. The Morgan fingerprint density at radius 1 is 0.950 bits per heavy atom. The number of carboxylic acid groups (broad SMARTS) is 1. The number of hydrogen-bond donors (Lipinski definition) is 2. The van der Waals surface area contributed by atoms with Gasteiger partial charge in [0, 0.05) is 12.0 Å². The average molecular weight is 275 g/mol. The minimum atomic E-state index is -0.653. The Hall–Kier alpha value is -1.06. The van der Waals surface area contributed by atoms with Gasteiger partial charge in [-0.1, -0.05) is 0 Å². The summed E-state index contributed by atoms with van der Waals surface area (Å²) in [5.41, 5.74) is 0. The van der Waals surface area contributed by atoms with E-state index in [1.165, 1.54) is 19.3 Å². The van der Waals surface area contributed by atoms with E-state index >= 15 is 0 Å². The highest BCUT2D eigenvalue weighted by Gasteiger charge is 2.68. The fourth-order valence-electron chi connectivity index (χ4n) is 5.78. The van der Waals surface area contributed by atoms with Crippen LogP contribution in [0.5, 0.6) is 0 Å². The molecule has 5 aliphatic carbocycles. The predicted octanol–water partition coefficient (Wildman–Crippen LogP) is 1.50. The molecule has 2 bridgehead atoms. The second kappa shape index (κ2) is 3.58. The van der Waals surface area contributed by atoms with E-state index in [9.17, 15) is 9.59 Å². The van der Waals surface area contributed by atoms with E-state index in [1.54, 1.807) is 0 Å². The van der Waals surface area contributed by atoms with Crippen LogP contribution in [0, 0.1) is 47.3 Å². The first-order chi connectivity index (χ1) is 9.65. The molecule has 0 spiro atoms. The topological polar surface area (TPSA) is 66.4 Å². The Labute approximate surface area is 118 Å². The van der Waals surface area contributed by atoms with Crippen molar-refractivity contribution in [2.75, 3.05) is 0 Å². The van der Waals surface area contributed by atoms with Gasteiger partial charge in [0.2, 0.25) is 5.91 Å². The van der Waals surface area contributed by atoms with Gasteiger partial charge in [-0.2, -0.15) is 0 Å². The van der Waals surface area contributed by atoms with Gasteiger partial charge in [0.25, 0.3) is 0 Å². The molecular weight excluding hydrogens is 254 g/mol. The number of aliphatic carboxylic acids is 1. The molecule has 5 aliphatic rings. The third-order valence-electron chi connectivity index (χ3n) is 6.91. The van der Waals surface area contributed by atoms with Gasteiger partial charge >= 0.3 is 5.97 Å². The zero-order valence-electron chi connectivity index (χ0n) is 11.5. The van der Waals surface area contributed by atoms with Crippen LogP contribution in [0.15, 0.2) is 0 Å². The van der Waals surface area contributed by atoms with Gasteiger partial charge in [-0.05, 0) is 67.6 Å². The van der Waals surface area contributed by atoms with Crippen molar-refractivity contribution in [1.29, 1.82) is 0 Å². The summed E-state index contributed by atoms with van der Waals surface area (Å²) >= 11 is 0. The highest BCUT2D eigenvalue weighted by molar-refractivity contribution is 5.83. The smallest absolute Gasteiger partial charge is 0.306 e. The molecule has 0 heterocycles. The van der Waals surface area contributed by atoms with E-state index in [4.69, 9.17) is 5.11 Å². The van der Waals surface area contributed by atoms with Crippen LogP contribution in [0.25, 0.3) is 0 Å². The molecule has 0 aromatic rings. The van der Waals surface area contributed by atoms with E-state index in [1.807, 2.05) is 0 Å². The first-order valence-corrected chi connectivity index (χ1v) is 8.18. The van der Waals surface area contributed by atoms with Crippen molar-refractivity contribution in [3.05, 3.63) is 0 Å². The molecule has 20 heavy (non-hydrogen) atoms. The van der Waals surface area contributed by atoms with Gasteiger partial charge in [-0.3, -0.25) is 9.59 Å². The number of rotatable bonds is 4. The van der Waals surface area contributed by atoms with Crippen molar-refractivity contribution in [3.8, 4) is 0 Å². The molecule has 1 unspecified atom stereocenters. The monoisotopic (exact) mass is 275 g/mol. The summed E-state index contributed by atoms with van der Waals surface area (Å²) in [6.07, 6.45) is 5.92. The zero-order valence-corrected chi connectivity index (χ0v) is 11.5. The van der Waals surface area contributed by atoms with Crippen LogP contribution in [0.4, 0.5) is 0 Å². The van der Waals surface area contributed by atoms with E-state index in [0.29, 0.717) is 29.6 Å². The molecule has 5 fully saturated rings. The van der Waals surface area contributed by atoms with Crippen molar-refractivity contribution in [2.45, 2.75) is 38.1 Å². The van der Waals surface area contributed by atoms with Crippen LogP contribution >= 0.6 is 0 Å². The van der Waals surface area contributed by atoms with E-state index in [0.717, 1.165) is 24.7 Å². The fourth-order valence-corrected chi connectivity index (χ4v) is 5.78. The van der Waals surface area contributed by atoms with Crippen molar-refractivity contribution in [2.24, 2.45) is 47.3 Å². The van der Waals surface area contributed by atoms with Gasteiger partial charge in [-0.15, -0.1) is 0 Å². The van der Waals surface area contributed by atoms with Crippen LogP contribution in [-0.4, -0.2) is 23.0 Å². The Morgan fingerprint density at radius 2 is 1.65 bits per heavy atom. The van der Waals surface area contributed by atoms with Crippen LogP contribution in [0.3, 0.4) is 0 Å². The minimum absolute atomic E-state index is 0.127. The maximum atomic E-state index is 12.4. The molecule has 0 saturated heterocycles. The van der Waals surface area contributed by atoms with Crippen LogP contribution < -0.4 is 5.32 Å². The van der Waals surface area contributed by atoms with Crippen molar-refractivity contribution < 1.29 is 14.7 Å². The molecule has 9 atom stereocenters. The first kappa shape index (κ1) is 11.6. The van der Waals surface area contributed by atoms with Gasteiger partial charge in [-0.25, -0.2) is 0 Å². The molecule has 0 aliphatic heterocycles. The molecule has 2 N–H and O–H groups in total. The molecule has 0 radical (unpaired) electrons. The van der Waals surface area contributed by atoms with Crippen LogP contribution in [0.1, 0.15) is 32.1 Å². The lowest BCUT2D eigenvalue weighted by molar-refractivity contribution is -0.138. The highest BCUT2D eigenvalue weighted by atomic mass is 16.4. The lowest BCUT2D eigenvalue weighted by Crippen LogP contribution is -2.30. The van der Waals surface area contributed by atoms with Gasteiger partial charge < -0.3 is 10.4 Å². The number of hydrogen-bond acceptors (Lipinski definition) is 2. The number of fused-ring (bicyclic) bond motifs is 5. The largest absolute Gasteiger partial charge is 0.481 e. The molecule has 108 valence electrons. The molecule has 5 saturated carbocycles. The summed E-state index contributed by atoms with van der Waals surface area (Å²) in [7, 11) is 0. The summed E-state index contributed by atoms with van der Waals surface area (Å²) in [5.74, 6) is 3.72. The summed E-state index contributed by atoms with van der Waals surface area (Å²) in [5, 5.41) is 12.2. The van der Waals surface area contributed by atoms with Crippen molar-refractivity contribution in [1.82, 2.24) is 5.32 Å². The third kappa shape index (κ3) is 1.48. The summed E-state index contributed by atoms with van der Waals surface area (Å²) in [6.45, 7) is 0. The Bertz CT molecular complexity index is 488.